The molecule has 19 nitrogen and oxygen atoms in total. The Kier molecular flexibility index (Phi) is 18.2. The van der Waals surface area contributed by atoms with Gasteiger partial charge in [0.05, 0.1) is 13.1 Å². The maximum Gasteiger partial charge on any atom is 0.325 e. The summed E-state index contributed by atoms with van der Waals surface area (Å²) < 4.78 is 0. The van der Waals surface area contributed by atoms with Crippen molar-refractivity contribution in [2.75, 3.05) is 19.6 Å². The molecule has 19 heteroatoms. The Balaban J connectivity index is 2.09. The van der Waals surface area contributed by atoms with E-state index in [9.17, 15) is 43.2 Å². The number of quaternary nitrogens is 1. The fourth-order valence-electron chi connectivity index (χ4n) is 5.77. The van der Waals surface area contributed by atoms with Crippen molar-refractivity contribution >= 4 is 53.3 Å². The van der Waals surface area contributed by atoms with Gasteiger partial charge in [0, 0.05) is 13.0 Å². The summed E-state index contributed by atoms with van der Waals surface area (Å²) in [5.41, 5.74) is 4.25. The Labute approximate surface area is 319 Å². The zero-order valence-electron chi connectivity index (χ0n) is 31.9. The minimum Gasteiger partial charge on any atom is -0.481 e. The van der Waals surface area contributed by atoms with Crippen molar-refractivity contribution in [1.82, 2.24) is 36.8 Å². The van der Waals surface area contributed by atoms with Crippen molar-refractivity contribution in [2.45, 2.75) is 103 Å². The lowest BCUT2D eigenvalue weighted by Crippen LogP contribution is -2.69. The number of benzene rings is 1. The first kappa shape index (κ1) is 45.6. The number of carbonyl (C=O) groups is 9. The molecule has 7 amide bonds. The summed E-state index contributed by atoms with van der Waals surface area (Å²) in [6, 6.07) is 2.06. The summed E-state index contributed by atoms with van der Waals surface area (Å²) in [5, 5.41) is 33.0. The molecule has 0 bridgehead atoms. The Hall–Kier alpha value is -5.59. The van der Waals surface area contributed by atoms with Gasteiger partial charge in [0.15, 0.2) is 6.04 Å². The lowest BCUT2D eigenvalue weighted by atomic mass is 9.99. The van der Waals surface area contributed by atoms with Crippen LogP contribution in [0.5, 0.6) is 0 Å². The van der Waals surface area contributed by atoms with Crippen LogP contribution < -0.4 is 37.6 Å². The highest BCUT2D eigenvalue weighted by molar-refractivity contribution is 5.97. The lowest BCUT2D eigenvalue weighted by Gasteiger charge is -2.29. The fourth-order valence-corrected chi connectivity index (χ4v) is 5.77. The van der Waals surface area contributed by atoms with Gasteiger partial charge in [-0.25, -0.2) is 0 Å². The number of carbonyl (C=O) groups excluding carboxylic acids is 7. The van der Waals surface area contributed by atoms with Gasteiger partial charge in [-0.05, 0) is 43.6 Å². The summed E-state index contributed by atoms with van der Waals surface area (Å²) in [6.07, 6.45) is 0.427. The summed E-state index contributed by atoms with van der Waals surface area (Å²) in [7, 11) is 0. The van der Waals surface area contributed by atoms with Crippen molar-refractivity contribution in [3.8, 4) is 0 Å². The molecule has 0 aromatic heterocycles. The standard InChI is InChI=1S/C36H54N8O11/c1-19(2)14-24(33(51)43-30(20(3)4)35(53)38-17-27(45)40-21(5)36(54)55)42-34(52)26-12-9-13-44(26)28(46)18-39-32(50)25(15-22-10-7-6-8-11-22)41-31(49)23(37)16-29(47)48/h6-8,10-11,19-21,23-26,30H,9,12-18,37H2,1-5H3,(H,38,53)(H,39,50)(H,40,45)(H,41,49)(H,42,52)(H,43,51)(H,47,48)(H,54,55)/p+1/t21-,23-,24-,25-,26-,30-/m0/s1. The molecule has 0 spiro atoms. The van der Waals surface area contributed by atoms with Gasteiger partial charge < -0.3 is 52.7 Å². The molecule has 1 aliphatic rings. The third-order valence-electron chi connectivity index (χ3n) is 8.76. The molecule has 11 N–H and O–H groups in total. The normalized spacial score (nSPS) is 16.5. The molecule has 6 atom stereocenters. The van der Waals surface area contributed by atoms with Crippen LogP contribution in [0, 0.1) is 11.8 Å². The van der Waals surface area contributed by atoms with Crippen LogP contribution in [0.25, 0.3) is 0 Å². The maximum absolute atomic E-state index is 13.6. The topological polar surface area (TPSA) is 297 Å². The molecule has 304 valence electrons. The first-order valence-corrected chi connectivity index (χ1v) is 18.2. The van der Waals surface area contributed by atoms with E-state index < -0.39 is 115 Å². The third-order valence-corrected chi connectivity index (χ3v) is 8.76. The zero-order valence-corrected chi connectivity index (χ0v) is 31.9. The number of hydrogen-bond donors (Lipinski definition) is 9. The number of aliphatic carboxylic acids is 2. The Bertz CT molecular complexity index is 1550. The molecule has 2 rings (SSSR count). The Morgan fingerprint density at radius 1 is 0.782 bits per heavy atom. The van der Waals surface area contributed by atoms with Gasteiger partial charge in [0.2, 0.25) is 35.4 Å². The van der Waals surface area contributed by atoms with Gasteiger partial charge in [-0.1, -0.05) is 58.0 Å². The molecular weight excluding hydrogens is 720 g/mol. The third kappa shape index (κ3) is 15.4. The van der Waals surface area contributed by atoms with E-state index in [0.717, 1.165) is 0 Å². The van der Waals surface area contributed by atoms with E-state index >= 15 is 0 Å². The van der Waals surface area contributed by atoms with Crippen LogP contribution in [-0.2, 0) is 49.6 Å². The number of carboxylic acids is 2. The van der Waals surface area contributed by atoms with E-state index in [1.807, 2.05) is 13.8 Å². The molecule has 1 heterocycles. The van der Waals surface area contributed by atoms with Crippen molar-refractivity contribution in [1.29, 1.82) is 0 Å². The summed E-state index contributed by atoms with van der Waals surface area (Å²) in [5.74, 6) is -7.75. The predicted molar refractivity (Wildman–Crippen MR) is 195 cm³/mol. The van der Waals surface area contributed by atoms with Gasteiger partial charge >= 0.3 is 11.9 Å². The average Bonchev–Trinajstić information content (AvgIpc) is 3.61. The van der Waals surface area contributed by atoms with Crippen LogP contribution in [0.2, 0.25) is 0 Å². The van der Waals surface area contributed by atoms with Gasteiger partial charge in [0.25, 0.3) is 5.91 Å². The van der Waals surface area contributed by atoms with Crippen molar-refractivity contribution < 1.29 is 59.1 Å². The highest BCUT2D eigenvalue weighted by Gasteiger charge is 2.37. The molecule has 1 saturated heterocycles. The second kappa shape index (κ2) is 21.9. The molecule has 1 aliphatic heterocycles. The number of nitrogens with one attached hydrogen (secondary N) is 6. The Morgan fingerprint density at radius 3 is 2.00 bits per heavy atom. The number of carboxylic acid groups (broad SMARTS) is 2. The summed E-state index contributed by atoms with van der Waals surface area (Å²) in [6.45, 7) is 7.43. The summed E-state index contributed by atoms with van der Waals surface area (Å²) in [4.78, 5) is 115. The molecule has 1 fully saturated rings. The van der Waals surface area contributed by atoms with E-state index in [1.165, 1.54) is 11.8 Å². The number of nitrogens with zero attached hydrogens (tertiary/aromatic N) is 1. The quantitative estimate of drug-likeness (QED) is 0.0618. The fraction of sp³-hybridized carbons (Fsp3) is 0.583. The minimum absolute atomic E-state index is 0.0428. The molecule has 0 saturated carbocycles. The van der Waals surface area contributed by atoms with E-state index in [2.05, 4.69) is 37.6 Å². The lowest BCUT2D eigenvalue weighted by molar-refractivity contribution is -0.403. The monoisotopic (exact) mass is 775 g/mol. The SMILES string of the molecule is CC(C)C[C@H](NC(=O)[C@@H]1CCCN1C(=O)CNC(=O)[C@H](Cc1ccccc1)NC(=O)[C@@H]([NH3+])CC(=O)O)C(=O)N[C@H](C(=O)NCC(=O)N[C@@H](C)C(=O)O)C(C)C. The number of rotatable bonds is 21. The molecule has 55 heavy (non-hydrogen) atoms. The van der Waals surface area contributed by atoms with Gasteiger partial charge in [-0.2, -0.15) is 0 Å². The summed E-state index contributed by atoms with van der Waals surface area (Å²) >= 11 is 0. The first-order chi connectivity index (χ1) is 25.8. The van der Waals surface area contributed by atoms with Gasteiger partial charge in [0.1, 0.15) is 36.6 Å². The van der Waals surface area contributed by atoms with Crippen LogP contribution in [0.3, 0.4) is 0 Å². The molecule has 1 aromatic rings. The number of amides is 7. The molecular formula is C36H55N8O11+. The molecule has 0 unspecified atom stereocenters. The second-order valence-corrected chi connectivity index (χ2v) is 14.3. The average molecular weight is 776 g/mol. The highest BCUT2D eigenvalue weighted by atomic mass is 16.4. The molecule has 1 aromatic carbocycles. The van der Waals surface area contributed by atoms with E-state index in [-0.39, 0.29) is 31.7 Å². The zero-order chi connectivity index (χ0) is 41.4. The second-order valence-electron chi connectivity index (χ2n) is 14.3. The van der Waals surface area contributed by atoms with Crippen molar-refractivity contribution in [3.63, 3.8) is 0 Å². The molecule has 0 aliphatic carbocycles. The molecule has 0 radical (unpaired) electrons. The van der Waals surface area contributed by atoms with E-state index in [1.54, 1.807) is 44.2 Å². The number of hydrogen-bond acceptors (Lipinski definition) is 9. The van der Waals surface area contributed by atoms with Gasteiger partial charge in [-0.3, -0.25) is 43.2 Å². The predicted octanol–water partition coefficient (Wildman–Crippen LogP) is -2.72. The van der Waals surface area contributed by atoms with Crippen LogP contribution in [0.15, 0.2) is 30.3 Å². The highest BCUT2D eigenvalue weighted by Crippen LogP contribution is 2.19. The van der Waals surface area contributed by atoms with Gasteiger partial charge in [-0.15, -0.1) is 0 Å². The van der Waals surface area contributed by atoms with Crippen LogP contribution in [0.1, 0.15) is 65.9 Å². The Morgan fingerprint density at radius 2 is 1.42 bits per heavy atom. The number of likely N-dealkylation sites (tertiary alicyclic amines) is 1. The van der Waals surface area contributed by atoms with E-state index in [4.69, 9.17) is 10.2 Å². The van der Waals surface area contributed by atoms with Crippen molar-refractivity contribution in [2.24, 2.45) is 11.8 Å². The van der Waals surface area contributed by atoms with E-state index in [0.29, 0.717) is 12.0 Å². The van der Waals surface area contributed by atoms with Crippen LogP contribution in [-0.4, -0.2) is 124 Å². The largest absolute Gasteiger partial charge is 0.481 e. The smallest absolute Gasteiger partial charge is 0.325 e. The van der Waals surface area contributed by atoms with Crippen LogP contribution in [0.4, 0.5) is 0 Å². The van der Waals surface area contributed by atoms with Crippen LogP contribution >= 0.6 is 0 Å². The maximum atomic E-state index is 13.6. The first-order valence-electron chi connectivity index (χ1n) is 18.2. The minimum atomic E-state index is -1.25. The van der Waals surface area contributed by atoms with Crippen molar-refractivity contribution in [3.05, 3.63) is 35.9 Å².